The quantitative estimate of drug-likeness (QED) is 0.874. The van der Waals surface area contributed by atoms with Gasteiger partial charge in [0.2, 0.25) is 0 Å². The van der Waals surface area contributed by atoms with E-state index in [-0.39, 0.29) is 6.04 Å². The average Bonchev–Trinajstić information content (AvgIpc) is 2.49. The summed E-state index contributed by atoms with van der Waals surface area (Å²) < 4.78 is 5.36. The smallest absolute Gasteiger partial charge is 0.123 e. The number of methoxy groups -OCH3 is 1. The third kappa shape index (κ3) is 3.78. The molecule has 0 spiro atoms. The molecule has 0 saturated carbocycles. The van der Waals surface area contributed by atoms with Crippen molar-refractivity contribution in [3.63, 3.8) is 0 Å². The van der Waals surface area contributed by atoms with Crippen molar-refractivity contribution >= 4 is 11.8 Å². The van der Waals surface area contributed by atoms with Crippen molar-refractivity contribution in [1.82, 2.24) is 0 Å². The molecule has 2 nitrogen and oxygen atoms in total. The molecule has 2 rings (SSSR count). The maximum absolute atomic E-state index is 6.27. The van der Waals surface area contributed by atoms with E-state index in [0.717, 1.165) is 22.8 Å². The largest absolute Gasteiger partial charge is 0.496 e. The Hall–Kier alpha value is -1.45. The summed E-state index contributed by atoms with van der Waals surface area (Å²) in [6, 6.07) is 16.5. The molecule has 2 aromatic carbocycles. The molecule has 1 unspecified atom stereocenters. The summed E-state index contributed by atoms with van der Waals surface area (Å²) in [5, 5.41) is 0. The number of para-hydroxylation sites is 1. The van der Waals surface area contributed by atoms with Crippen molar-refractivity contribution < 1.29 is 4.74 Å². The molecule has 0 aromatic heterocycles. The second-order valence-electron chi connectivity index (χ2n) is 4.79. The number of rotatable bonds is 6. The maximum atomic E-state index is 6.27. The highest BCUT2D eigenvalue weighted by Gasteiger charge is 2.11. The van der Waals surface area contributed by atoms with E-state index in [0.29, 0.717) is 0 Å². The van der Waals surface area contributed by atoms with E-state index >= 15 is 0 Å². The molecule has 0 aliphatic carbocycles. The number of thioether (sulfide) groups is 1. The highest BCUT2D eigenvalue weighted by atomic mass is 32.2. The molecule has 1 atom stereocenters. The molecule has 0 radical (unpaired) electrons. The van der Waals surface area contributed by atoms with E-state index in [4.69, 9.17) is 10.5 Å². The zero-order valence-corrected chi connectivity index (χ0v) is 12.8. The van der Waals surface area contributed by atoms with Gasteiger partial charge in [-0.15, -0.1) is 0 Å². The second kappa shape index (κ2) is 7.36. The lowest BCUT2D eigenvalue weighted by Gasteiger charge is -2.15. The zero-order valence-electron chi connectivity index (χ0n) is 12.0. The molecule has 0 fully saturated rings. The van der Waals surface area contributed by atoms with Gasteiger partial charge in [0.1, 0.15) is 5.75 Å². The third-order valence-corrected chi connectivity index (χ3v) is 4.46. The Morgan fingerprint density at radius 1 is 1.10 bits per heavy atom. The Kier molecular flexibility index (Phi) is 5.50. The number of ether oxygens (including phenoxy) is 1. The summed E-state index contributed by atoms with van der Waals surface area (Å²) in [5.41, 5.74) is 10.1. The van der Waals surface area contributed by atoms with Crippen LogP contribution in [0, 0.1) is 6.92 Å². The monoisotopic (exact) mass is 287 g/mol. The van der Waals surface area contributed by atoms with Crippen molar-refractivity contribution in [3.8, 4) is 5.75 Å². The fourth-order valence-corrected chi connectivity index (χ4v) is 3.23. The van der Waals surface area contributed by atoms with Crippen LogP contribution in [0.15, 0.2) is 48.5 Å². The minimum atomic E-state index is 0.000156. The van der Waals surface area contributed by atoms with Crippen molar-refractivity contribution in [2.45, 2.75) is 18.7 Å². The molecule has 2 aromatic rings. The van der Waals surface area contributed by atoms with E-state index in [9.17, 15) is 0 Å². The Labute approximate surface area is 125 Å². The van der Waals surface area contributed by atoms with E-state index < -0.39 is 0 Å². The van der Waals surface area contributed by atoms with Crippen molar-refractivity contribution in [3.05, 3.63) is 65.2 Å². The first-order valence-corrected chi connectivity index (χ1v) is 7.88. The van der Waals surface area contributed by atoms with Gasteiger partial charge >= 0.3 is 0 Å². The SMILES string of the molecule is COc1ccccc1C(N)CSCc1ccccc1C. The first-order chi connectivity index (χ1) is 9.72. The van der Waals surface area contributed by atoms with Gasteiger partial charge in [-0.3, -0.25) is 0 Å². The van der Waals surface area contributed by atoms with E-state index in [1.807, 2.05) is 36.0 Å². The molecular formula is C17H21NOS. The summed E-state index contributed by atoms with van der Waals surface area (Å²) in [4.78, 5) is 0. The predicted octanol–water partition coefficient (Wildman–Crippen LogP) is 3.94. The van der Waals surface area contributed by atoms with Crippen LogP contribution in [0.2, 0.25) is 0 Å². The lowest BCUT2D eigenvalue weighted by molar-refractivity contribution is 0.407. The first-order valence-electron chi connectivity index (χ1n) is 6.73. The Bertz CT molecular complexity index is 556. The van der Waals surface area contributed by atoms with Crippen LogP contribution in [-0.4, -0.2) is 12.9 Å². The predicted molar refractivity (Wildman–Crippen MR) is 87.3 cm³/mol. The molecule has 0 heterocycles. The van der Waals surface area contributed by atoms with Crippen molar-refractivity contribution in [2.75, 3.05) is 12.9 Å². The number of benzene rings is 2. The minimum Gasteiger partial charge on any atom is -0.496 e. The molecule has 20 heavy (non-hydrogen) atoms. The molecule has 0 aliphatic rings. The lowest BCUT2D eigenvalue weighted by Crippen LogP contribution is -2.14. The summed E-state index contributed by atoms with van der Waals surface area (Å²) in [5.74, 6) is 2.75. The number of hydrogen-bond donors (Lipinski definition) is 1. The summed E-state index contributed by atoms with van der Waals surface area (Å²) in [6.07, 6.45) is 0. The van der Waals surface area contributed by atoms with Crippen LogP contribution in [0.3, 0.4) is 0 Å². The Morgan fingerprint density at radius 2 is 1.80 bits per heavy atom. The van der Waals surface area contributed by atoms with Gasteiger partial charge in [0, 0.05) is 23.1 Å². The van der Waals surface area contributed by atoms with E-state index in [1.165, 1.54) is 11.1 Å². The van der Waals surface area contributed by atoms with Gasteiger partial charge in [-0.1, -0.05) is 42.5 Å². The maximum Gasteiger partial charge on any atom is 0.123 e. The molecule has 106 valence electrons. The second-order valence-corrected chi connectivity index (χ2v) is 5.82. The number of aryl methyl sites for hydroxylation is 1. The van der Waals surface area contributed by atoms with Gasteiger partial charge in [0.15, 0.2) is 0 Å². The van der Waals surface area contributed by atoms with Crippen LogP contribution < -0.4 is 10.5 Å². The normalized spacial score (nSPS) is 12.2. The Morgan fingerprint density at radius 3 is 2.55 bits per heavy atom. The first kappa shape index (κ1) is 14.9. The van der Waals surface area contributed by atoms with E-state index in [2.05, 4.69) is 31.2 Å². The molecule has 0 bridgehead atoms. The molecule has 0 amide bonds. The standard InChI is InChI=1S/C17H21NOS/c1-13-7-3-4-8-14(13)11-20-12-16(18)15-9-5-6-10-17(15)19-2/h3-10,16H,11-12,18H2,1-2H3. The van der Waals surface area contributed by atoms with Gasteiger partial charge < -0.3 is 10.5 Å². The molecule has 0 saturated heterocycles. The third-order valence-electron chi connectivity index (χ3n) is 3.35. The van der Waals surface area contributed by atoms with Gasteiger partial charge in [-0.05, 0) is 24.1 Å². The summed E-state index contributed by atoms with van der Waals surface area (Å²) in [7, 11) is 1.69. The van der Waals surface area contributed by atoms with Gasteiger partial charge in [-0.25, -0.2) is 0 Å². The van der Waals surface area contributed by atoms with Crippen LogP contribution in [0.5, 0.6) is 5.75 Å². The number of nitrogens with two attached hydrogens (primary N) is 1. The van der Waals surface area contributed by atoms with Crippen LogP contribution in [-0.2, 0) is 5.75 Å². The summed E-state index contributed by atoms with van der Waals surface area (Å²) >= 11 is 1.86. The van der Waals surface area contributed by atoms with Crippen molar-refractivity contribution in [2.24, 2.45) is 5.73 Å². The Balaban J connectivity index is 1.92. The van der Waals surface area contributed by atoms with Gasteiger partial charge in [-0.2, -0.15) is 11.8 Å². The van der Waals surface area contributed by atoms with Gasteiger partial charge in [0.25, 0.3) is 0 Å². The molecular weight excluding hydrogens is 266 g/mol. The lowest BCUT2D eigenvalue weighted by atomic mass is 10.1. The van der Waals surface area contributed by atoms with Crippen LogP contribution >= 0.6 is 11.8 Å². The summed E-state index contributed by atoms with van der Waals surface area (Å²) in [6.45, 7) is 2.15. The minimum absolute atomic E-state index is 0.000156. The molecule has 3 heteroatoms. The molecule has 0 aliphatic heterocycles. The van der Waals surface area contributed by atoms with Gasteiger partial charge in [0.05, 0.1) is 7.11 Å². The topological polar surface area (TPSA) is 35.2 Å². The van der Waals surface area contributed by atoms with Crippen LogP contribution in [0.4, 0.5) is 0 Å². The number of hydrogen-bond acceptors (Lipinski definition) is 3. The van der Waals surface area contributed by atoms with E-state index in [1.54, 1.807) is 7.11 Å². The molecule has 2 N–H and O–H groups in total. The van der Waals surface area contributed by atoms with Crippen LogP contribution in [0.1, 0.15) is 22.7 Å². The zero-order chi connectivity index (χ0) is 14.4. The van der Waals surface area contributed by atoms with Crippen LogP contribution in [0.25, 0.3) is 0 Å². The highest BCUT2D eigenvalue weighted by molar-refractivity contribution is 7.98. The average molecular weight is 287 g/mol. The van der Waals surface area contributed by atoms with Crippen molar-refractivity contribution in [1.29, 1.82) is 0 Å². The fraction of sp³-hybridized carbons (Fsp3) is 0.294. The fourth-order valence-electron chi connectivity index (χ4n) is 2.13. The highest BCUT2D eigenvalue weighted by Crippen LogP contribution is 2.27.